The second kappa shape index (κ2) is 6.57. The van der Waals surface area contributed by atoms with Crippen LogP contribution in [-0.4, -0.2) is 20.4 Å². The Morgan fingerprint density at radius 3 is 2.32 bits per heavy atom. The fourth-order valence-electron chi connectivity index (χ4n) is 2.55. The fraction of sp³-hybridized carbons (Fsp3) is 0.235. The molecular weight excluding hydrogens is 326 g/mol. The Kier molecular flexibility index (Phi) is 4.70. The van der Waals surface area contributed by atoms with Crippen LogP contribution in [0.3, 0.4) is 0 Å². The van der Waals surface area contributed by atoms with Gasteiger partial charge in [0.2, 0.25) is 5.88 Å². The van der Waals surface area contributed by atoms with Crippen LogP contribution >= 0.6 is 0 Å². The Labute approximate surface area is 142 Å². The molecular formula is C17H15N3O5. The topological polar surface area (TPSA) is 126 Å². The van der Waals surface area contributed by atoms with E-state index in [4.69, 9.17) is 0 Å². The average Bonchev–Trinajstić information content (AvgIpc) is 2.54. The average molecular weight is 341 g/mol. The molecule has 128 valence electrons. The minimum absolute atomic E-state index is 0.0743. The molecule has 8 nitrogen and oxygen atoms in total. The van der Waals surface area contributed by atoms with Crippen LogP contribution in [0, 0.1) is 28.4 Å². The van der Waals surface area contributed by atoms with Crippen LogP contribution in [0.15, 0.2) is 29.1 Å². The second-order valence-corrected chi connectivity index (χ2v) is 5.71. The fourth-order valence-corrected chi connectivity index (χ4v) is 2.55. The summed E-state index contributed by atoms with van der Waals surface area (Å²) in [6.45, 7) is 4.68. The lowest BCUT2D eigenvalue weighted by Crippen LogP contribution is -2.28. The van der Waals surface area contributed by atoms with Gasteiger partial charge < -0.3 is 5.11 Å². The van der Waals surface area contributed by atoms with E-state index in [1.165, 1.54) is 31.2 Å². The van der Waals surface area contributed by atoms with Crippen molar-refractivity contribution >= 4 is 11.5 Å². The number of carbonyl (C=O) groups excluding carboxylic acids is 1. The highest BCUT2D eigenvalue weighted by atomic mass is 16.6. The first kappa shape index (κ1) is 17.9. The highest BCUT2D eigenvalue weighted by Gasteiger charge is 2.26. The summed E-state index contributed by atoms with van der Waals surface area (Å²) in [6, 6.07) is 6.16. The number of non-ortho nitro benzene ring substituents is 1. The summed E-state index contributed by atoms with van der Waals surface area (Å²) in [7, 11) is 0. The van der Waals surface area contributed by atoms with Crippen molar-refractivity contribution in [1.29, 1.82) is 5.26 Å². The molecule has 1 N–H and O–H groups in total. The summed E-state index contributed by atoms with van der Waals surface area (Å²) in [6.07, 6.45) is 0. The summed E-state index contributed by atoms with van der Waals surface area (Å²) < 4.78 is 0.976. The van der Waals surface area contributed by atoms with Gasteiger partial charge in [0.05, 0.1) is 10.5 Å². The second-order valence-electron chi connectivity index (χ2n) is 5.71. The van der Waals surface area contributed by atoms with E-state index < -0.39 is 28.2 Å². The van der Waals surface area contributed by atoms with Crippen molar-refractivity contribution in [3.8, 4) is 11.9 Å². The maximum absolute atomic E-state index is 12.8. The first-order valence-electron chi connectivity index (χ1n) is 7.38. The van der Waals surface area contributed by atoms with Crippen molar-refractivity contribution in [3.05, 3.63) is 67.0 Å². The van der Waals surface area contributed by atoms with Crippen molar-refractivity contribution in [2.24, 2.45) is 0 Å². The van der Waals surface area contributed by atoms with E-state index in [1.54, 1.807) is 19.9 Å². The van der Waals surface area contributed by atoms with Crippen LogP contribution in [0.1, 0.15) is 46.9 Å². The van der Waals surface area contributed by atoms with Gasteiger partial charge in [0.1, 0.15) is 11.6 Å². The van der Waals surface area contributed by atoms with Crippen LogP contribution < -0.4 is 5.56 Å². The number of aromatic hydroxyl groups is 1. The van der Waals surface area contributed by atoms with Gasteiger partial charge in [-0.25, -0.2) is 0 Å². The van der Waals surface area contributed by atoms with Crippen LogP contribution in [-0.2, 0) is 0 Å². The number of pyridine rings is 1. The maximum Gasteiger partial charge on any atom is 0.271 e. The monoisotopic (exact) mass is 341 g/mol. The van der Waals surface area contributed by atoms with Crippen LogP contribution in [0.4, 0.5) is 5.69 Å². The Hall–Kier alpha value is -3.47. The lowest BCUT2D eigenvalue weighted by Gasteiger charge is -2.18. The predicted octanol–water partition coefficient (Wildman–Crippen LogP) is 2.45. The summed E-state index contributed by atoms with van der Waals surface area (Å²) in [4.78, 5) is 35.2. The molecule has 2 rings (SSSR count). The standard InChI is InChI=1S/C17H15N3O5/c1-9(2)19-16(22)13(8-18)10(3)14(17(19)23)15(21)11-4-6-12(7-5-11)20(24)25/h4-7,9,23H,1-3H3. The van der Waals surface area contributed by atoms with Gasteiger partial charge in [0, 0.05) is 23.7 Å². The first-order chi connectivity index (χ1) is 11.7. The largest absolute Gasteiger partial charge is 0.494 e. The van der Waals surface area contributed by atoms with E-state index in [0.717, 1.165) is 4.57 Å². The molecule has 0 fully saturated rings. The first-order valence-corrected chi connectivity index (χ1v) is 7.38. The van der Waals surface area contributed by atoms with E-state index in [-0.39, 0.29) is 27.9 Å². The zero-order chi connectivity index (χ0) is 18.9. The molecule has 0 saturated heterocycles. The van der Waals surface area contributed by atoms with Gasteiger partial charge >= 0.3 is 0 Å². The van der Waals surface area contributed by atoms with Gasteiger partial charge in [0.15, 0.2) is 5.78 Å². The molecule has 0 saturated carbocycles. The smallest absolute Gasteiger partial charge is 0.271 e. The third-order valence-electron chi connectivity index (χ3n) is 3.83. The molecule has 1 aromatic carbocycles. The zero-order valence-corrected chi connectivity index (χ0v) is 13.8. The lowest BCUT2D eigenvalue weighted by molar-refractivity contribution is -0.384. The van der Waals surface area contributed by atoms with Crippen molar-refractivity contribution in [1.82, 2.24) is 4.57 Å². The van der Waals surface area contributed by atoms with Crippen LogP contribution in [0.2, 0.25) is 0 Å². The minimum atomic E-state index is -0.673. The van der Waals surface area contributed by atoms with E-state index in [0.29, 0.717) is 0 Å². The number of hydrogen-bond acceptors (Lipinski definition) is 6. The Morgan fingerprint density at radius 2 is 1.88 bits per heavy atom. The predicted molar refractivity (Wildman–Crippen MR) is 88.7 cm³/mol. The number of nitrogens with zero attached hydrogens (tertiary/aromatic N) is 3. The highest BCUT2D eigenvalue weighted by Crippen LogP contribution is 2.27. The van der Waals surface area contributed by atoms with Crippen molar-refractivity contribution < 1.29 is 14.8 Å². The van der Waals surface area contributed by atoms with Gasteiger partial charge in [-0.1, -0.05) is 0 Å². The number of nitro groups is 1. The zero-order valence-electron chi connectivity index (χ0n) is 13.8. The quantitative estimate of drug-likeness (QED) is 0.517. The lowest BCUT2D eigenvalue weighted by atomic mass is 9.97. The number of benzene rings is 1. The molecule has 0 radical (unpaired) electrons. The molecule has 1 aromatic heterocycles. The number of nitro benzene ring substituents is 1. The molecule has 2 aromatic rings. The number of aromatic nitrogens is 1. The Balaban J connectivity index is 2.72. The van der Waals surface area contributed by atoms with E-state index >= 15 is 0 Å². The molecule has 0 unspecified atom stereocenters. The van der Waals surface area contributed by atoms with Gasteiger partial charge in [-0.15, -0.1) is 0 Å². The molecule has 0 aliphatic heterocycles. The molecule has 1 heterocycles. The van der Waals surface area contributed by atoms with Gasteiger partial charge in [-0.05, 0) is 38.5 Å². The van der Waals surface area contributed by atoms with Crippen LogP contribution in [0.5, 0.6) is 5.88 Å². The van der Waals surface area contributed by atoms with E-state index in [2.05, 4.69) is 0 Å². The normalized spacial score (nSPS) is 10.5. The molecule has 8 heteroatoms. The molecule has 0 amide bonds. The summed E-state index contributed by atoms with van der Waals surface area (Å²) in [5.74, 6) is -1.16. The van der Waals surface area contributed by atoms with Gasteiger partial charge in [0.25, 0.3) is 11.2 Å². The third-order valence-corrected chi connectivity index (χ3v) is 3.83. The van der Waals surface area contributed by atoms with Gasteiger partial charge in [-0.2, -0.15) is 5.26 Å². The minimum Gasteiger partial charge on any atom is -0.494 e. The number of nitriles is 1. The Morgan fingerprint density at radius 1 is 1.32 bits per heavy atom. The molecule has 25 heavy (non-hydrogen) atoms. The molecule has 0 aliphatic rings. The number of ketones is 1. The molecule has 0 aliphatic carbocycles. The van der Waals surface area contributed by atoms with Crippen molar-refractivity contribution in [3.63, 3.8) is 0 Å². The van der Waals surface area contributed by atoms with Crippen molar-refractivity contribution in [2.75, 3.05) is 0 Å². The molecule has 0 atom stereocenters. The molecule has 0 spiro atoms. The third kappa shape index (κ3) is 2.99. The van der Waals surface area contributed by atoms with Gasteiger partial charge in [-0.3, -0.25) is 24.3 Å². The SMILES string of the molecule is Cc1c(C(=O)c2ccc([N+](=O)[O-])cc2)c(O)n(C(C)C)c(=O)c1C#N. The van der Waals surface area contributed by atoms with Crippen molar-refractivity contribution in [2.45, 2.75) is 26.8 Å². The van der Waals surface area contributed by atoms with Crippen LogP contribution in [0.25, 0.3) is 0 Å². The van der Waals surface area contributed by atoms with E-state index in [1.807, 2.05) is 0 Å². The number of carbonyl (C=O) groups is 1. The number of rotatable bonds is 4. The molecule has 0 bridgehead atoms. The summed E-state index contributed by atoms with van der Waals surface area (Å²) in [5.41, 5.74) is -1.07. The summed E-state index contributed by atoms with van der Waals surface area (Å²) >= 11 is 0. The maximum atomic E-state index is 12.8. The Bertz CT molecular complexity index is 966. The highest BCUT2D eigenvalue weighted by molar-refractivity contribution is 6.11. The summed E-state index contributed by atoms with van der Waals surface area (Å²) in [5, 5.41) is 30.4. The number of hydrogen-bond donors (Lipinski definition) is 1. The van der Waals surface area contributed by atoms with E-state index in [9.17, 15) is 30.1 Å².